The topological polar surface area (TPSA) is 38.3 Å². The molecule has 2 bridgehead atoms. The maximum Gasteiger partial charge on any atom is 0.323 e. The van der Waals surface area contributed by atoms with Crippen molar-refractivity contribution in [2.45, 2.75) is 45.6 Å². The van der Waals surface area contributed by atoms with Crippen molar-refractivity contribution in [3.63, 3.8) is 0 Å². The third-order valence-corrected chi connectivity index (χ3v) is 4.61. The fourth-order valence-electron chi connectivity index (χ4n) is 3.62. The summed E-state index contributed by atoms with van der Waals surface area (Å²) in [4.78, 5) is 11.6. The Morgan fingerprint density at radius 1 is 1.35 bits per heavy atom. The number of carbonyl (C=O) groups excluding carboxylic acids is 1. The average molecular weight is 239 g/mol. The smallest absolute Gasteiger partial charge is 0.323 e. The quantitative estimate of drug-likeness (QED) is 0.748. The molecular weight excluding hydrogens is 214 g/mol. The van der Waals surface area contributed by atoms with Gasteiger partial charge in [-0.15, -0.1) is 0 Å². The van der Waals surface area contributed by atoms with Gasteiger partial charge < -0.3 is 10.1 Å². The molecule has 4 atom stereocenters. The van der Waals surface area contributed by atoms with Crippen molar-refractivity contribution in [2.24, 2.45) is 23.7 Å². The van der Waals surface area contributed by atoms with Gasteiger partial charge in [0.25, 0.3) is 0 Å². The first kappa shape index (κ1) is 12.9. The maximum absolute atomic E-state index is 11.6. The first-order valence-corrected chi connectivity index (χ1v) is 6.93. The third kappa shape index (κ3) is 2.82. The van der Waals surface area contributed by atoms with E-state index in [2.05, 4.69) is 19.2 Å². The Balaban J connectivity index is 1.81. The van der Waals surface area contributed by atoms with E-state index in [1.165, 1.54) is 32.8 Å². The molecular formula is C14H25NO2. The van der Waals surface area contributed by atoms with Crippen LogP contribution in [0.1, 0.15) is 39.5 Å². The van der Waals surface area contributed by atoms with Gasteiger partial charge in [0, 0.05) is 0 Å². The highest BCUT2D eigenvalue weighted by Crippen LogP contribution is 2.47. The van der Waals surface area contributed by atoms with Crippen LogP contribution < -0.4 is 5.32 Å². The van der Waals surface area contributed by atoms with Crippen LogP contribution in [0.2, 0.25) is 0 Å². The van der Waals surface area contributed by atoms with Crippen LogP contribution in [0, 0.1) is 23.7 Å². The second kappa shape index (κ2) is 5.38. The van der Waals surface area contributed by atoms with E-state index in [9.17, 15) is 4.79 Å². The van der Waals surface area contributed by atoms with E-state index in [1.807, 2.05) is 0 Å². The van der Waals surface area contributed by atoms with E-state index >= 15 is 0 Å². The molecule has 2 aliphatic rings. The van der Waals surface area contributed by atoms with E-state index in [0.717, 1.165) is 24.3 Å². The first-order valence-electron chi connectivity index (χ1n) is 6.93. The highest BCUT2D eigenvalue weighted by atomic mass is 16.5. The zero-order valence-electron chi connectivity index (χ0n) is 11.2. The average Bonchev–Trinajstić information content (AvgIpc) is 2.90. The molecule has 0 spiro atoms. The van der Waals surface area contributed by atoms with Gasteiger partial charge in [-0.2, -0.15) is 0 Å². The van der Waals surface area contributed by atoms with Crippen molar-refractivity contribution < 1.29 is 9.53 Å². The molecule has 3 heteroatoms. The zero-order valence-corrected chi connectivity index (χ0v) is 11.2. The van der Waals surface area contributed by atoms with Gasteiger partial charge in [-0.3, -0.25) is 4.79 Å². The van der Waals surface area contributed by atoms with Crippen molar-refractivity contribution in [2.75, 3.05) is 13.7 Å². The second-order valence-electron chi connectivity index (χ2n) is 6.09. The molecule has 0 aromatic heterocycles. The summed E-state index contributed by atoms with van der Waals surface area (Å²) >= 11 is 0. The summed E-state index contributed by atoms with van der Waals surface area (Å²) in [7, 11) is 1.47. The lowest BCUT2D eigenvalue weighted by molar-refractivity contribution is -0.144. The highest BCUT2D eigenvalue weighted by Gasteiger charge is 2.39. The third-order valence-electron chi connectivity index (χ3n) is 4.61. The van der Waals surface area contributed by atoms with E-state index in [-0.39, 0.29) is 12.0 Å². The minimum Gasteiger partial charge on any atom is -0.468 e. The molecule has 98 valence electrons. The van der Waals surface area contributed by atoms with E-state index in [1.54, 1.807) is 0 Å². The molecule has 3 nitrogen and oxygen atoms in total. The molecule has 0 aromatic rings. The van der Waals surface area contributed by atoms with Gasteiger partial charge in [0.05, 0.1) is 7.11 Å². The van der Waals surface area contributed by atoms with Crippen LogP contribution in [-0.2, 0) is 9.53 Å². The zero-order chi connectivity index (χ0) is 12.4. The van der Waals surface area contributed by atoms with E-state index < -0.39 is 0 Å². The molecule has 0 amide bonds. The fraction of sp³-hybridized carbons (Fsp3) is 0.929. The Labute approximate surface area is 104 Å². The monoisotopic (exact) mass is 239 g/mol. The first-order chi connectivity index (χ1) is 8.11. The molecule has 4 unspecified atom stereocenters. The second-order valence-corrected chi connectivity index (χ2v) is 6.09. The van der Waals surface area contributed by atoms with Gasteiger partial charge in [-0.25, -0.2) is 0 Å². The predicted octanol–water partition coefficient (Wildman–Crippen LogP) is 2.21. The normalized spacial score (nSPS) is 33.1. The van der Waals surface area contributed by atoms with Crippen molar-refractivity contribution in [3.05, 3.63) is 0 Å². The number of fused-ring (bicyclic) bond motifs is 2. The Hall–Kier alpha value is -0.570. The van der Waals surface area contributed by atoms with Crippen molar-refractivity contribution in [3.8, 4) is 0 Å². The molecule has 0 heterocycles. The molecule has 2 fully saturated rings. The Morgan fingerprint density at radius 3 is 2.59 bits per heavy atom. The molecule has 17 heavy (non-hydrogen) atoms. The predicted molar refractivity (Wildman–Crippen MR) is 67.6 cm³/mol. The van der Waals surface area contributed by atoms with Gasteiger partial charge in [-0.1, -0.05) is 20.3 Å². The Kier molecular flexibility index (Phi) is 4.08. The summed E-state index contributed by atoms with van der Waals surface area (Å²) in [6, 6.07) is -0.140. The van der Waals surface area contributed by atoms with Crippen molar-refractivity contribution >= 4 is 5.97 Å². The largest absolute Gasteiger partial charge is 0.468 e. The molecule has 2 aliphatic carbocycles. The Morgan fingerprint density at radius 2 is 2.12 bits per heavy atom. The number of hydrogen-bond acceptors (Lipinski definition) is 3. The van der Waals surface area contributed by atoms with Gasteiger partial charge >= 0.3 is 5.97 Å². The number of methoxy groups -OCH3 is 1. The molecule has 1 N–H and O–H groups in total. The van der Waals surface area contributed by atoms with Crippen LogP contribution in [0.4, 0.5) is 0 Å². The van der Waals surface area contributed by atoms with Gasteiger partial charge in [-0.05, 0) is 49.5 Å². The van der Waals surface area contributed by atoms with Crippen LogP contribution in [0.25, 0.3) is 0 Å². The molecule has 0 saturated heterocycles. The molecule has 0 aliphatic heterocycles. The minimum absolute atomic E-state index is 0.122. The molecule has 2 rings (SSSR count). The van der Waals surface area contributed by atoms with E-state index in [4.69, 9.17) is 4.74 Å². The number of ether oxygens (including phenoxy) is 1. The number of rotatable bonds is 5. The number of esters is 1. The van der Waals surface area contributed by atoms with Gasteiger partial charge in [0.2, 0.25) is 0 Å². The van der Waals surface area contributed by atoms with Gasteiger partial charge in [0.15, 0.2) is 0 Å². The lowest BCUT2D eigenvalue weighted by atomic mass is 9.88. The SMILES string of the molecule is COC(=O)C(NCC1CC2CCC1C2)C(C)C. The maximum atomic E-state index is 11.6. The molecule has 2 saturated carbocycles. The summed E-state index contributed by atoms with van der Waals surface area (Å²) in [6.45, 7) is 5.11. The van der Waals surface area contributed by atoms with Crippen LogP contribution >= 0.6 is 0 Å². The van der Waals surface area contributed by atoms with Crippen molar-refractivity contribution in [1.29, 1.82) is 0 Å². The summed E-state index contributed by atoms with van der Waals surface area (Å²) in [5.41, 5.74) is 0. The summed E-state index contributed by atoms with van der Waals surface area (Å²) in [6.07, 6.45) is 5.63. The van der Waals surface area contributed by atoms with Crippen LogP contribution in [-0.4, -0.2) is 25.7 Å². The number of hydrogen-bond donors (Lipinski definition) is 1. The van der Waals surface area contributed by atoms with E-state index in [0.29, 0.717) is 5.92 Å². The fourth-order valence-corrected chi connectivity index (χ4v) is 3.62. The van der Waals surface area contributed by atoms with Crippen LogP contribution in [0.15, 0.2) is 0 Å². The lowest BCUT2D eigenvalue weighted by Crippen LogP contribution is -2.44. The van der Waals surface area contributed by atoms with Crippen LogP contribution in [0.5, 0.6) is 0 Å². The standard InChI is InChI=1S/C14H25NO2/c1-9(2)13(14(16)17-3)15-8-12-7-10-4-5-11(12)6-10/h9-13,15H,4-8H2,1-3H3. The Bertz CT molecular complexity index is 277. The summed E-state index contributed by atoms with van der Waals surface area (Å²) < 4.78 is 4.85. The molecule has 0 radical (unpaired) electrons. The summed E-state index contributed by atoms with van der Waals surface area (Å²) in [5.74, 6) is 2.85. The number of nitrogens with one attached hydrogen (secondary N) is 1. The van der Waals surface area contributed by atoms with Crippen molar-refractivity contribution in [1.82, 2.24) is 5.32 Å². The lowest BCUT2D eigenvalue weighted by Gasteiger charge is -2.26. The minimum atomic E-state index is -0.140. The van der Waals surface area contributed by atoms with Crippen LogP contribution in [0.3, 0.4) is 0 Å². The molecule has 0 aromatic carbocycles. The number of carbonyl (C=O) groups is 1. The van der Waals surface area contributed by atoms with Gasteiger partial charge in [0.1, 0.15) is 6.04 Å². The highest BCUT2D eigenvalue weighted by molar-refractivity contribution is 5.75. The summed E-state index contributed by atoms with van der Waals surface area (Å²) in [5, 5.41) is 3.42.